The Labute approximate surface area is 131 Å². The molecule has 0 radical (unpaired) electrons. The highest BCUT2D eigenvalue weighted by atomic mass is 16.3. The summed E-state index contributed by atoms with van der Waals surface area (Å²) in [5.41, 5.74) is 1.84. The Morgan fingerprint density at radius 3 is 2.86 bits per heavy atom. The van der Waals surface area contributed by atoms with E-state index in [2.05, 4.69) is 24.1 Å². The normalized spacial score (nSPS) is 10.9. The number of amides is 1. The topological polar surface area (TPSA) is 67.2 Å². The molecule has 0 unspecified atom stereocenters. The molecule has 5 nitrogen and oxygen atoms in total. The maximum Gasteiger partial charge on any atom is 0.222 e. The fraction of sp³-hybridized carbons (Fsp3) is 0.412. The van der Waals surface area contributed by atoms with Crippen molar-refractivity contribution in [3.05, 3.63) is 53.6 Å². The molecule has 0 spiro atoms. The Kier molecular flexibility index (Phi) is 5.72. The number of rotatable bonds is 7. The van der Waals surface area contributed by atoms with Gasteiger partial charge in [-0.15, -0.1) is 0 Å². The number of hydrogen-bond donors (Lipinski definition) is 2. The average molecular weight is 301 g/mol. The molecular formula is C17H23N3O2. The molecule has 2 N–H and O–H groups in total. The van der Waals surface area contributed by atoms with Gasteiger partial charge in [-0.1, -0.05) is 38.1 Å². The van der Waals surface area contributed by atoms with E-state index in [1.807, 2.05) is 35.0 Å². The zero-order valence-corrected chi connectivity index (χ0v) is 13.1. The van der Waals surface area contributed by atoms with Crippen LogP contribution < -0.4 is 5.32 Å². The lowest BCUT2D eigenvalue weighted by Crippen LogP contribution is -2.24. The van der Waals surface area contributed by atoms with Crippen LogP contribution in [-0.2, 0) is 24.5 Å². The molecule has 2 rings (SSSR count). The van der Waals surface area contributed by atoms with E-state index in [0.29, 0.717) is 25.4 Å². The van der Waals surface area contributed by atoms with Crippen LogP contribution in [0.5, 0.6) is 0 Å². The number of imidazole rings is 1. The highest BCUT2D eigenvalue weighted by Gasteiger charge is 2.08. The van der Waals surface area contributed by atoms with E-state index in [4.69, 9.17) is 5.11 Å². The van der Waals surface area contributed by atoms with Crippen LogP contribution in [0.2, 0.25) is 0 Å². The van der Waals surface area contributed by atoms with E-state index < -0.39 is 0 Å². The van der Waals surface area contributed by atoms with Crippen molar-refractivity contribution in [2.75, 3.05) is 0 Å². The van der Waals surface area contributed by atoms with Crippen molar-refractivity contribution in [3.8, 4) is 0 Å². The maximum atomic E-state index is 12.0. The van der Waals surface area contributed by atoms with Crippen LogP contribution in [0, 0.1) is 0 Å². The number of carbonyl (C=O) groups excluding carboxylic acids is 1. The third kappa shape index (κ3) is 4.43. The van der Waals surface area contributed by atoms with Gasteiger partial charge in [0.15, 0.2) is 0 Å². The fourth-order valence-electron chi connectivity index (χ4n) is 2.36. The predicted octanol–water partition coefficient (Wildman–Crippen LogP) is 2.21. The van der Waals surface area contributed by atoms with Crippen molar-refractivity contribution in [3.63, 3.8) is 0 Å². The molecule has 0 fully saturated rings. The molecule has 118 valence electrons. The number of nitrogens with zero attached hydrogens (tertiary/aromatic N) is 2. The summed E-state index contributed by atoms with van der Waals surface area (Å²) in [6.45, 7) is 5.31. The summed E-state index contributed by atoms with van der Waals surface area (Å²) >= 11 is 0. The molecule has 0 aliphatic carbocycles. The Morgan fingerprint density at radius 2 is 2.14 bits per heavy atom. The summed E-state index contributed by atoms with van der Waals surface area (Å²) in [7, 11) is 0. The van der Waals surface area contributed by atoms with Crippen molar-refractivity contribution in [2.45, 2.75) is 45.9 Å². The van der Waals surface area contributed by atoms with Gasteiger partial charge in [-0.3, -0.25) is 4.79 Å². The van der Waals surface area contributed by atoms with Crippen LogP contribution in [0.1, 0.15) is 43.1 Å². The molecule has 0 aliphatic heterocycles. The first kappa shape index (κ1) is 16.2. The monoisotopic (exact) mass is 301 g/mol. The lowest BCUT2D eigenvalue weighted by molar-refractivity contribution is -0.121. The van der Waals surface area contributed by atoms with E-state index in [1.54, 1.807) is 6.20 Å². The molecule has 1 aromatic carbocycles. The molecule has 0 saturated carbocycles. The van der Waals surface area contributed by atoms with Gasteiger partial charge in [-0.25, -0.2) is 4.98 Å². The number of aliphatic hydroxyl groups excluding tert-OH is 1. The lowest BCUT2D eigenvalue weighted by atomic mass is 10.1. The Morgan fingerprint density at radius 1 is 1.36 bits per heavy atom. The van der Waals surface area contributed by atoms with Crippen LogP contribution in [0.4, 0.5) is 0 Å². The second kappa shape index (κ2) is 7.75. The number of aryl methyl sites for hydroxylation is 1. The van der Waals surface area contributed by atoms with Crippen molar-refractivity contribution < 1.29 is 9.90 Å². The first-order chi connectivity index (χ1) is 10.6. The summed E-state index contributed by atoms with van der Waals surface area (Å²) in [6, 6.07) is 7.57. The van der Waals surface area contributed by atoms with Crippen LogP contribution in [-0.4, -0.2) is 20.6 Å². The molecule has 1 amide bonds. The number of nitrogens with one attached hydrogen (secondary N) is 1. The lowest BCUT2D eigenvalue weighted by Gasteiger charge is -2.10. The van der Waals surface area contributed by atoms with Crippen molar-refractivity contribution in [1.82, 2.24) is 14.9 Å². The van der Waals surface area contributed by atoms with Crippen LogP contribution >= 0.6 is 0 Å². The molecule has 1 aromatic heterocycles. The highest BCUT2D eigenvalue weighted by Crippen LogP contribution is 2.12. The Bertz CT molecular complexity index is 620. The van der Waals surface area contributed by atoms with Gasteiger partial charge in [-0.05, 0) is 11.1 Å². The van der Waals surface area contributed by atoms with Gasteiger partial charge >= 0.3 is 0 Å². The summed E-state index contributed by atoms with van der Waals surface area (Å²) in [5, 5.41) is 12.0. The molecule has 1 heterocycles. The highest BCUT2D eigenvalue weighted by molar-refractivity contribution is 5.75. The molecule has 22 heavy (non-hydrogen) atoms. The van der Waals surface area contributed by atoms with Gasteiger partial charge in [0, 0.05) is 37.8 Å². The van der Waals surface area contributed by atoms with E-state index in [9.17, 15) is 4.79 Å². The van der Waals surface area contributed by atoms with Gasteiger partial charge in [0.1, 0.15) is 5.82 Å². The summed E-state index contributed by atoms with van der Waals surface area (Å²) < 4.78 is 2.02. The molecule has 5 heteroatoms. The molecular weight excluding hydrogens is 278 g/mol. The van der Waals surface area contributed by atoms with E-state index in [0.717, 1.165) is 17.0 Å². The first-order valence-electron chi connectivity index (χ1n) is 7.56. The number of aliphatic hydroxyl groups is 1. The largest absolute Gasteiger partial charge is 0.392 e. The molecule has 2 aromatic rings. The quantitative estimate of drug-likeness (QED) is 0.824. The molecule has 0 atom stereocenters. The van der Waals surface area contributed by atoms with E-state index in [1.165, 1.54) is 0 Å². The minimum atomic E-state index is 0.0119. The number of benzene rings is 1. The van der Waals surface area contributed by atoms with Gasteiger partial charge in [0.25, 0.3) is 0 Å². The third-order valence-corrected chi connectivity index (χ3v) is 3.51. The number of aromatic nitrogens is 2. The summed E-state index contributed by atoms with van der Waals surface area (Å²) in [6.07, 6.45) is 4.11. The van der Waals surface area contributed by atoms with Crippen molar-refractivity contribution >= 4 is 5.91 Å². The Balaban J connectivity index is 1.81. The maximum absolute atomic E-state index is 12.0. The second-order valence-electron chi connectivity index (χ2n) is 5.64. The van der Waals surface area contributed by atoms with E-state index in [-0.39, 0.29) is 12.5 Å². The van der Waals surface area contributed by atoms with E-state index >= 15 is 0 Å². The van der Waals surface area contributed by atoms with Crippen molar-refractivity contribution in [2.24, 2.45) is 0 Å². The SMILES string of the molecule is CC(C)c1nccn1CCC(=O)NCc1cccc(CO)c1. The average Bonchev–Trinajstić information content (AvgIpc) is 3.00. The second-order valence-corrected chi connectivity index (χ2v) is 5.64. The first-order valence-corrected chi connectivity index (χ1v) is 7.56. The van der Waals surface area contributed by atoms with Gasteiger partial charge in [-0.2, -0.15) is 0 Å². The summed E-state index contributed by atoms with van der Waals surface area (Å²) in [4.78, 5) is 16.3. The van der Waals surface area contributed by atoms with Crippen LogP contribution in [0.25, 0.3) is 0 Å². The summed E-state index contributed by atoms with van der Waals surface area (Å²) in [5.74, 6) is 1.36. The van der Waals surface area contributed by atoms with Gasteiger partial charge < -0.3 is 15.0 Å². The zero-order valence-electron chi connectivity index (χ0n) is 13.1. The minimum absolute atomic E-state index is 0.0119. The van der Waals surface area contributed by atoms with Gasteiger partial charge in [0.2, 0.25) is 5.91 Å². The van der Waals surface area contributed by atoms with Crippen molar-refractivity contribution in [1.29, 1.82) is 0 Å². The zero-order chi connectivity index (χ0) is 15.9. The fourth-order valence-corrected chi connectivity index (χ4v) is 2.36. The standard InChI is InChI=1S/C17H23N3O2/c1-13(2)17-18-7-9-20(17)8-6-16(22)19-11-14-4-3-5-15(10-14)12-21/h3-5,7,9-10,13,21H,6,8,11-12H2,1-2H3,(H,19,22). The third-order valence-electron chi connectivity index (χ3n) is 3.51. The molecule has 0 aliphatic rings. The van der Waals surface area contributed by atoms with Gasteiger partial charge in [0.05, 0.1) is 6.61 Å². The van der Waals surface area contributed by atoms with Crippen LogP contribution in [0.15, 0.2) is 36.7 Å². The predicted molar refractivity (Wildman–Crippen MR) is 85.1 cm³/mol. The molecule has 0 saturated heterocycles. The number of carbonyl (C=O) groups is 1. The van der Waals surface area contributed by atoms with Crippen LogP contribution in [0.3, 0.4) is 0 Å². The number of hydrogen-bond acceptors (Lipinski definition) is 3. The Hall–Kier alpha value is -2.14. The smallest absolute Gasteiger partial charge is 0.222 e. The minimum Gasteiger partial charge on any atom is -0.392 e. The molecule has 0 bridgehead atoms.